The second-order valence-corrected chi connectivity index (χ2v) is 4.55. The van der Waals surface area contributed by atoms with Crippen molar-refractivity contribution in [2.75, 3.05) is 37.4 Å². The van der Waals surface area contributed by atoms with Gasteiger partial charge >= 0.3 is 0 Å². The van der Waals surface area contributed by atoms with E-state index in [9.17, 15) is 0 Å². The highest BCUT2D eigenvalue weighted by Gasteiger charge is 2.09. The Hall–Kier alpha value is -1.89. The van der Waals surface area contributed by atoms with Gasteiger partial charge in [0.25, 0.3) is 0 Å². The molecule has 3 N–H and O–H groups in total. The molecule has 0 fully saturated rings. The molecule has 110 valence electrons. The second-order valence-electron chi connectivity index (χ2n) is 4.55. The van der Waals surface area contributed by atoms with E-state index in [1.807, 2.05) is 0 Å². The van der Waals surface area contributed by atoms with Crippen LogP contribution in [0.3, 0.4) is 0 Å². The number of unbranched alkanes of at least 4 members (excludes halogenated alkanes) is 1. The van der Waals surface area contributed by atoms with E-state index in [1.54, 1.807) is 13.4 Å². The second kappa shape index (κ2) is 7.64. The van der Waals surface area contributed by atoms with Gasteiger partial charge in [0.2, 0.25) is 5.95 Å². The van der Waals surface area contributed by atoms with Gasteiger partial charge in [-0.3, -0.25) is 0 Å². The minimum absolute atomic E-state index is 0.617. The van der Waals surface area contributed by atoms with Crippen molar-refractivity contribution >= 4 is 22.9 Å². The van der Waals surface area contributed by atoms with Crippen LogP contribution in [0.15, 0.2) is 6.33 Å². The van der Waals surface area contributed by atoms with Crippen LogP contribution in [0.5, 0.6) is 0 Å². The lowest BCUT2D eigenvalue weighted by molar-refractivity contribution is 0.194. The maximum absolute atomic E-state index is 5.04. The monoisotopic (exact) mass is 278 g/mol. The molecule has 0 aliphatic heterocycles. The van der Waals surface area contributed by atoms with Crippen molar-refractivity contribution in [3.8, 4) is 0 Å². The van der Waals surface area contributed by atoms with Gasteiger partial charge in [0.1, 0.15) is 5.52 Å². The Labute approximate surface area is 118 Å². The molecule has 0 bridgehead atoms. The Balaban J connectivity index is 2.03. The summed E-state index contributed by atoms with van der Waals surface area (Å²) in [5.74, 6) is 1.41. The first kappa shape index (κ1) is 14.5. The summed E-state index contributed by atoms with van der Waals surface area (Å²) in [4.78, 5) is 16.1. The number of hydrogen-bond acceptors (Lipinski definition) is 6. The van der Waals surface area contributed by atoms with Crippen LogP contribution >= 0.6 is 0 Å². The molecule has 7 heteroatoms. The van der Waals surface area contributed by atoms with E-state index in [0.29, 0.717) is 11.6 Å². The Kier molecular flexibility index (Phi) is 5.55. The highest BCUT2D eigenvalue weighted by molar-refractivity contribution is 5.83. The molecular weight excluding hydrogens is 256 g/mol. The smallest absolute Gasteiger partial charge is 0.226 e. The zero-order valence-corrected chi connectivity index (χ0v) is 12.1. The van der Waals surface area contributed by atoms with Gasteiger partial charge in [-0.2, -0.15) is 9.97 Å². The van der Waals surface area contributed by atoms with Crippen molar-refractivity contribution < 1.29 is 4.74 Å². The van der Waals surface area contributed by atoms with Crippen LogP contribution in [0.1, 0.15) is 26.2 Å². The van der Waals surface area contributed by atoms with E-state index in [1.165, 1.54) is 0 Å². The molecule has 20 heavy (non-hydrogen) atoms. The SMILES string of the molecule is CCCNc1nc(NCCCCOC)c2[nH]cnc2n1. The summed E-state index contributed by atoms with van der Waals surface area (Å²) in [5.41, 5.74) is 1.52. The Morgan fingerprint density at radius 3 is 2.90 bits per heavy atom. The molecule has 0 amide bonds. The van der Waals surface area contributed by atoms with Gasteiger partial charge in [-0.05, 0) is 19.3 Å². The molecule has 0 atom stereocenters. The summed E-state index contributed by atoms with van der Waals surface area (Å²) in [7, 11) is 1.72. The topological polar surface area (TPSA) is 87.8 Å². The number of anilines is 2. The Bertz CT molecular complexity index is 527. The van der Waals surface area contributed by atoms with Gasteiger partial charge in [-0.15, -0.1) is 0 Å². The van der Waals surface area contributed by atoms with Gasteiger partial charge < -0.3 is 20.4 Å². The third-order valence-corrected chi connectivity index (χ3v) is 2.89. The number of methoxy groups -OCH3 is 1. The molecule has 0 aliphatic rings. The average molecular weight is 278 g/mol. The molecule has 2 aromatic rings. The fourth-order valence-electron chi connectivity index (χ4n) is 1.86. The van der Waals surface area contributed by atoms with E-state index in [-0.39, 0.29) is 0 Å². The number of rotatable bonds is 9. The van der Waals surface area contributed by atoms with Crippen LogP contribution in [-0.4, -0.2) is 46.7 Å². The maximum atomic E-state index is 5.04. The number of nitrogens with zero attached hydrogens (tertiary/aromatic N) is 3. The van der Waals surface area contributed by atoms with E-state index in [4.69, 9.17) is 4.74 Å². The molecule has 0 radical (unpaired) electrons. The van der Waals surface area contributed by atoms with Gasteiger partial charge in [0.05, 0.1) is 6.33 Å². The van der Waals surface area contributed by atoms with Gasteiger partial charge in [0.15, 0.2) is 11.5 Å². The summed E-state index contributed by atoms with van der Waals surface area (Å²) < 4.78 is 5.04. The number of ether oxygens (including phenoxy) is 1. The number of imidazole rings is 1. The third kappa shape index (κ3) is 3.80. The Morgan fingerprint density at radius 1 is 1.20 bits per heavy atom. The van der Waals surface area contributed by atoms with Crippen molar-refractivity contribution in [3.05, 3.63) is 6.33 Å². The van der Waals surface area contributed by atoms with Crippen LogP contribution in [0.4, 0.5) is 11.8 Å². The van der Waals surface area contributed by atoms with E-state index in [2.05, 4.69) is 37.5 Å². The normalized spacial score (nSPS) is 10.9. The van der Waals surface area contributed by atoms with Crippen molar-refractivity contribution in [1.82, 2.24) is 19.9 Å². The summed E-state index contributed by atoms with van der Waals surface area (Å²) in [5, 5.41) is 6.52. The molecule has 2 aromatic heterocycles. The lowest BCUT2D eigenvalue weighted by atomic mass is 10.3. The number of fused-ring (bicyclic) bond motifs is 1. The molecule has 0 unspecified atom stereocenters. The maximum Gasteiger partial charge on any atom is 0.226 e. The average Bonchev–Trinajstić information content (AvgIpc) is 2.93. The first-order valence-corrected chi connectivity index (χ1v) is 7.03. The Morgan fingerprint density at radius 2 is 2.10 bits per heavy atom. The van der Waals surface area contributed by atoms with Crippen LogP contribution in [0, 0.1) is 0 Å². The molecule has 2 heterocycles. The minimum Gasteiger partial charge on any atom is -0.385 e. The minimum atomic E-state index is 0.617. The molecule has 0 spiro atoms. The molecule has 0 aromatic carbocycles. The van der Waals surface area contributed by atoms with Crippen molar-refractivity contribution in [2.45, 2.75) is 26.2 Å². The van der Waals surface area contributed by atoms with Gasteiger partial charge in [0, 0.05) is 26.8 Å². The largest absolute Gasteiger partial charge is 0.385 e. The van der Waals surface area contributed by atoms with E-state index < -0.39 is 0 Å². The fourth-order valence-corrected chi connectivity index (χ4v) is 1.86. The number of H-pyrrole nitrogens is 1. The highest BCUT2D eigenvalue weighted by atomic mass is 16.5. The summed E-state index contributed by atoms with van der Waals surface area (Å²) in [6.07, 6.45) is 4.73. The first-order valence-electron chi connectivity index (χ1n) is 7.03. The number of hydrogen-bond donors (Lipinski definition) is 3. The highest BCUT2D eigenvalue weighted by Crippen LogP contribution is 2.18. The van der Waals surface area contributed by atoms with Crippen molar-refractivity contribution in [3.63, 3.8) is 0 Å². The lowest BCUT2D eigenvalue weighted by Crippen LogP contribution is -2.09. The zero-order valence-electron chi connectivity index (χ0n) is 12.1. The van der Waals surface area contributed by atoms with Crippen LogP contribution < -0.4 is 10.6 Å². The molecule has 0 aliphatic carbocycles. The van der Waals surface area contributed by atoms with Crippen molar-refractivity contribution in [2.24, 2.45) is 0 Å². The summed E-state index contributed by atoms with van der Waals surface area (Å²) >= 11 is 0. The first-order chi connectivity index (χ1) is 9.85. The third-order valence-electron chi connectivity index (χ3n) is 2.89. The number of nitrogens with one attached hydrogen (secondary N) is 3. The standard InChI is InChI=1S/C13H22N6O/c1-3-6-15-13-18-11(14-7-4-5-8-20-2)10-12(19-13)17-9-16-10/h9H,3-8H2,1-2H3,(H3,14,15,16,17,18,19). The summed E-state index contributed by atoms with van der Waals surface area (Å²) in [6.45, 7) is 4.59. The predicted molar refractivity (Wildman–Crippen MR) is 80.1 cm³/mol. The van der Waals surface area contributed by atoms with Crippen LogP contribution in [0.25, 0.3) is 11.2 Å². The molecule has 2 rings (SSSR count). The number of aromatic amines is 1. The van der Waals surface area contributed by atoms with E-state index >= 15 is 0 Å². The quantitative estimate of drug-likeness (QED) is 0.608. The molecule has 0 saturated heterocycles. The fraction of sp³-hybridized carbons (Fsp3) is 0.615. The summed E-state index contributed by atoms with van der Waals surface area (Å²) in [6, 6.07) is 0. The number of aromatic nitrogens is 4. The molecule has 7 nitrogen and oxygen atoms in total. The van der Waals surface area contributed by atoms with E-state index in [0.717, 1.165) is 50.3 Å². The van der Waals surface area contributed by atoms with Gasteiger partial charge in [-0.1, -0.05) is 6.92 Å². The van der Waals surface area contributed by atoms with Crippen molar-refractivity contribution in [1.29, 1.82) is 0 Å². The van der Waals surface area contributed by atoms with Crippen LogP contribution in [-0.2, 0) is 4.74 Å². The lowest BCUT2D eigenvalue weighted by Gasteiger charge is -2.09. The van der Waals surface area contributed by atoms with Crippen LogP contribution in [0.2, 0.25) is 0 Å². The van der Waals surface area contributed by atoms with Gasteiger partial charge in [-0.25, -0.2) is 4.98 Å². The zero-order chi connectivity index (χ0) is 14.2. The molecular formula is C13H22N6O. The predicted octanol–water partition coefficient (Wildman–Crippen LogP) is 2.01. The molecule has 0 saturated carbocycles.